The quantitative estimate of drug-likeness (QED) is 0.354. The lowest BCUT2D eigenvalue weighted by atomic mass is 10.0. The summed E-state index contributed by atoms with van der Waals surface area (Å²) in [4.78, 5) is 11.3. The molecule has 3 N–H and O–H groups in total. The zero-order chi connectivity index (χ0) is 24.8. The van der Waals surface area contributed by atoms with Gasteiger partial charge in [-0.05, 0) is 41.5 Å². The van der Waals surface area contributed by atoms with Crippen LogP contribution in [0.3, 0.4) is 0 Å². The van der Waals surface area contributed by atoms with E-state index in [9.17, 15) is 13.2 Å². The predicted molar refractivity (Wildman–Crippen MR) is 122 cm³/mol. The van der Waals surface area contributed by atoms with Crippen LogP contribution in [0.25, 0.3) is 11.0 Å². The summed E-state index contributed by atoms with van der Waals surface area (Å²) in [5.74, 6) is 0.835. The molecule has 0 aliphatic carbocycles. The number of fused-ring (bicyclic) bond motifs is 1. The van der Waals surface area contributed by atoms with Crippen LogP contribution in [0.15, 0.2) is 24.9 Å². The molecule has 0 aromatic carbocycles. The van der Waals surface area contributed by atoms with Gasteiger partial charge in [0, 0.05) is 24.3 Å². The number of halogens is 3. The van der Waals surface area contributed by atoms with E-state index in [1.165, 1.54) is 0 Å². The van der Waals surface area contributed by atoms with Crippen LogP contribution >= 0.6 is 0 Å². The number of anilines is 3. The normalized spacial score (nSPS) is 12.8. The van der Waals surface area contributed by atoms with Crippen molar-refractivity contribution in [1.82, 2.24) is 39.5 Å². The summed E-state index contributed by atoms with van der Waals surface area (Å²) >= 11 is 0. The minimum Gasteiger partial charge on any atom is -0.367 e. The molecule has 10 nitrogen and oxygen atoms in total. The Balaban J connectivity index is 1.78. The number of rotatable bonds is 7. The predicted octanol–water partition coefficient (Wildman–Crippen LogP) is 4.69. The largest absolute Gasteiger partial charge is 0.418 e. The van der Waals surface area contributed by atoms with Gasteiger partial charge in [-0.1, -0.05) is 0 Å². The van der Waals surface area contributed by atoms with E-state index in [1.54, 1.807) is 17.3 Å². The molecule has 4 aromatic heterocycles. The summed E-state index contributed by atoms with van der Waals surface area (Å²) < 4.78 is 44.3. The lowest BCUT2D eigenvalue weighted by molar-refractivity contribution is -0.136. The Kier molecular flexibility index (Phi) is 5.74. The fraction of sp³-hybridized carbons (Fsp3) is 0.476. The lowest BCUT2D eigenvalue weighted by Crippen LogP contribution is -2.27. The van der Waals surface area contributed by atoms with Crippen LogP contribution in [0.2, 0.25) is 0 Å². The van der Waals surface area contributed by atoms with Crippen LogP contribution in [-0.4, -0.2) is 45.5 Å². The second kappa shape index (κ2) is 8.29. The topological polar surface area (TPSA) is 114 Å². The fourth-order valence-corrected chi connectivity index (χ4v) is 3.61. The monoisotopic (exact) mass is 476 g/mol. The van der Waals surface area contributed by atoms with Crippen molar-refractivity contribution >= 4 is 28.6 Å². The zero-order valence-electron chi connectivity index (χ0n) is 19.7. The molecule has 13 heteroatoms. The highest BCUT2D eigenvalue weighted by Crippen LogP contribution is 2.38. The smallest absolute Gasteiger partial charge is 0.367 e. The van der Waals surface area contributed by atoms with Crippen molar-refractivity contribution in [2.24, 2.45) is 0 Å². The Bertz CT molecular complexity index is 1280. The van der Waals surface area contributed by atoms with Gasteiger partial charge in [0.2, 0.25) is 5.95 Å². The summed E-state index contributed by atoms with van der Waals surface area (Å²) in [6, 6.07) is 1.71. The van der Waals surface area contributed by atoms with Gasteiger partial charge in [0.1, 0.15) is 29.9 Å². The van der Waals surface area contributed by atoms with Crippen LogP contribution in [0.4, 0.5) is 30.8 Å². The second-order valence-electron chi connectivity index (χ2n) is 9.12. The van der Waals surface area contributed by atoms with Crippen molar-refractivity contribution in [3.63, 3.8) is 0 Å². The van der Waals surface area contributed by atoms with Crippen LogP contribution in [0.1, 0.15) is 58.8 Å². The first-order valence-electron chi connectivity index (χ1n) is 10.8. The summed E-state index contributed by atoms with van der Waals surface area (Å²) in [7, 11) is 0. The summed E-state index contributed by atoms with van der Waals surface area (Å²) in [5.41, 5.74) is -0.545. The molecule has 4 rings (SSSR count). The molecule has 34 heavy (non-hydrogen) atoms. The van der Waals surface area contributed by atoms with Gasteiger partial charge in [-0.25, -0.2) is 4.68 Å². The third kappa shape index (κ3) is 4.29. The molecular weight excluding hydrogens is 449 g/mol. The second-order valence-corrected chi connectivity index (χ2v) is 9.12. The van der Waals surface area contributed by atoms with Crippen LogP contribution < -0.4 is 10.6 Å². The highest BCUT2D eigenvalue weighted by Gasteiger charge is 2.36. The van der Waals surface area contributed by atoms with Crippen LogP contribution in [-0.2, 0) is 11.7 Å². The number of H-pyrrole nitrogens is 1. The standard InChI is InChI=1S/C21H27F3N10/c1-11(2)28-18-16-13(21(22,23)24)8-25-17(16)30-19(31-18)29-15-7-14(32-34(15)12(3)4)20(5,6)33-9-26-27-10-33/h7-12H,1-6H3,(H3,25,28,29,30,31). The number of hydrogen-bond donors (Lipinski definition) is 3. The van der Waals surface area contributed by atoms with Crippen molar-refractivity contribution in [2.45, 2.75) is 65.3 Å². The van der Waals surface area contributed by atoms with Gasteiger partial charge in [0.25, 0.3) is 0 Å². The Morgan fingerprint density at radius 1 is 1.03 bits per heavy atom. The number of hydrogen-bond acceptors (Lipinski definition) is 7. The first-order valence-corrected chi connectivity index (χ1v) is 10.8. The minimum atomic E-state index is -4.54. The number of aromatic amines is 1. The Labute approximate surface area is 194 Å². The van der Waals surface area contributed by atoms with Gasteiger partial charge in [0.15, 0.2) is 0 Å². The van der Waals surface area contributed by atoms with E-state index in [0.717, 1.165) is 11.9 Å². The molecule has 0 saturated carbocycles. The van der Waals surface area contributed by atoms with Gasteiger partial charge >= 0.3 is 6.18 Å². The summed E-state index contributed by atoms with van der Waals surface area (Å²) in [5, 5.41) is 18.6. The van der Waals surface area contributed by atoms with Gasteiger partial charge in [0.05, 0.1) is 22.2 Å². The maximum atomic E-state index is 13.5. The molecule has 182 valence electrons. The number of alkyl halides is 3. The van der Waals surface area contributed by atoms with Gasteiger partial charge < -0.3 is 20.2 Å². The van der Waals surface area contributed by atoms with E-state index in [4.69, 9.17) is 5.10 Å². The van der Waals surface area contributed by atoms with Crippen molar-refractivity contribution in [1.29, 1.82) is 0 Å². The molecule has 0 aliphatic heterocycles. The van der Waals surface area contributed by atoms with E-state index in [0.29, 0.717) is 5.82 Å². The molecule has 4 heterocycles. The first kappa shape index (κ1) is 23.5. The van der Waals surface area contributed by atoms with Crippen LogP contribution in [0, 0.1) is 0 Å². The highest BCUT2D eigenvalue weighted by molar-refractivity contribution is 5.92. The Morgan fingerprint density at radius 2 is 1.71 bits per heavy atom. The summed E-state index contributed by atoms with van der Waals surface area (Å²) in [6.07, 6.45) is -0.395. The number of nitrogens with zero attached hydrogens (tertiary/aromatic N) is 7. The average molecular weight is 477 g/mol. The van der Waals surface area contributed by atoms with Gasteiger partial charge in [-0.2, -0.15) is 28.2 Å². The molecular formula is C21H27F3N10. The van der Waals surface area contributed by atoms with E-state index in [-0.39, 0.29) is 34.9 Å². The molecule has 0 bridgehead atoms. The molecule has 0 saturated heterocycles. The van der Waals surface area contributed by atoms with Crippen LogP contribution in [0.5, 0.6) is 0 Å². The maximum Gasteiger partial charge on any atom is 0.418 e. The molecule has 0 unspecified atom stereocenters. The molecule has 4 aromatic rings. The van der Waals surface area contributed by atoms with Crippen molar-refractivity contribution < 1.29 is 13.2 Å². The third-order valence-electron chi connectivity index (χ3n) is 5.42. The van der Waals surface area contributed by atoms with Gasteiger partial charge in [-0.15, -0.1) is 10.2 Å². The van der Waals surface area contributed by atoms with E-state index in [1.807, 2.05) is 52.2 Å². The number of nitrogens with one attached hydrogen (secondary N) is 3. The Morgan fingerprint density at radius 3 is 2.29 bits per heavy atom. The SMILES string of the molecule is CC(C)Nc1nc(Nc2cc(C(C)(C)n3cnnc3)nn2C(C)C)nc2[nH]cc(C(F)(F)F)c12. The minimum absolute atomic E-state index is 0.00715. The molecule has 0 spiro atoms. The molecule has 0 radical (unpaired) electrons. The lowest BCUT2D eigenvalue weighted by Gasteiger charge is -2.23. The Hall–Kier alpha value is -3.64. The maximum absolute atomic E-state index is 13.5. The first-order chi connectivity index (χ1) is 15.9. The highest BCUT2D eigenvalue weighted by atomic mass is 19.4. The van der Waals surface area contributed by atoms with E-state index in [2.05, 4.69) is 35.8 Å². The van der Waals surface area contributed by atoms with Crippen molar-refractivity contribution in [3.05, 3.63) is 36.2 Å². The molecule has 0 amide bonds. The zero-order valence-corrected chi connectivity index (χ0v) is 19.7. The van der Waals surface area contributed by atoms with E-state index >= 15 is 0 Å². The third-order valence-corrected chi connectivity index (χ3v) is 5.42. The van der Waals surface area contributed by atoms with Crippen molar-refractivity contribution in [3.8, 4) is 0 Å². The molecule has 0 atom stereocenters. The molecule has 0 aliphatic rings. The summed E-state index contributed by atoms with van der Waals surface area (Å²) in [6.45, 7) is 11.6. The fourth-order valence-electron chi connectivity index (χ4n) is 3.61. The number of aromatic nitrogens is 8. The van der Waals surface area contributed by atoms with E-state index < -0.39 is 17.3 Å². The van der Waals surface area contributed by atoms with Crippen molar-refractivity contribution in [2.75, 3.05) is 10.6 Å². The average Bonchev–Trinajstić information content (AvgIpc) is 3.46. The molecule has 0 fully saturated rings. The van der Waals surface area contributed by atoms with Gasteiger partial charge in [-0.3, -0.25) is 0 Å².